The fourth-order valence-electron chi connectivity index (χ4n) is 2.82. The summed E-state index contributed by atoms with van der Waals surface area (Å²) in [6.07, 6.45) is 1.74. The molecule has 3 nitrogen and oxygen atoms in total. The number of benzene rings is 2. The van der Waals surface area contributed by atoms with Gasteiger partial charge >= 0.3 is 0 Å². The number of hydrogen-bond acceptors (Lipinski definition) is 2. The molecular weight excluding hydrogens is 310 g/mol. The third kappa shape index (κ3) is 2.93. The van der Waals surface area contributed by atoms with Gasteiger partial charge in [-0.1, -0.05) is 41.4 Å². The van der Waals surface area contributed by atoms with Crippen molar-refractivity contribution in [2.24, 2.45) is 0 Å². The van der Waals surface area contributed by atoms with Crippen LogP contribution in [-0.4, -0.2) is 13.0 Å². The molecular formula is C19H20ClNO2. The van der Waals surface area contributed by atoms with Crippen LogP contribution < -0.4 is 10.1 Å². The van der Waals surface area contributed by atoms with E-state index in [1.54, 1.807) is 13.2 Å². The molecule has 1 fully saturated rings. The maximum absolute atomic E-state index is 12.8. The Balaban J connectivity index is 1.87. The fraction of sp³-hybridized carbons (Fsp3) is 0.316. The molecule has 4 heteroatoms. The van der Waals surface area contributed by atoms with E-state index >= 15 is 0 Å². The second-order valence-corrected chi connectivity index (χ2v) is 6.61. The van der Waals surface area contributed by atoms with Crippen LogP contribution in [0.5, 0.6) is 5.75 Å². The first-order valence-corrected chi connectivity index (χ1v) is 8.07. The smallest absolute Gasteiger partial charge is 0.235 e. The molecule has 3 rings (SSSR count). The summed E-state index contributed by atoms with van der Waals surface area (Å²) >= 11 is 6.12. The van der Waals surface area contributed by atoms with Crippen molar-refractivity contribution in [1.82, 2.24) is 0 Å². The van der Waals surface area contributed by atoms with Crippen molar-refractivity contribution in [1.29, 1.82) is 0 Å². The maximum atomic E-state index is 12.8. The molecule has 0 aliphatic heterocycles. The lowest BCUT2D eigenvalue weighted by atomic mass is 9.94. The van der Waals surface area contributed by atoms with Crippen molar-refractivity contribution in [2.45, 2.75) is 32.1 Å². The molecule has 0 spiro atoms. The van der Waals surface area contributed by atoms with Crippen LogP contribution in [0, 0.1) is 13.8 Å². The number of anilines is 1. The Hall–Kier alpha value is -2.00. The Bertz CT molecular complexity index is 749. The Morgan fingerprint density at radius 1 is 1.17 bits per heavy atom. The van der Waals surface area contributed by atoms with Crippen molar-refractivity contribution in [3.8, 4) is 5.75 Å². The van der Waals surface area contributed by atoms with Crippen LogP contribution in [0.25, 0.3) is 0 Å². The topological polar surface area (TPSA) is 38.3 Å². The molecule has 120 valence electrons. The van der Waals surface area contributed by atoms with Crippen molar-refractivity contribution in [3.05, 3.63) is 58.1 Å². The zero-order valence-electron chi connectivity index (χ0n) is 13.6. The molecule has 0 aromatic heterocycles. The molecule has 0 saturated heterocycles. The number of halogens is 1. The predicted molar refractivity (Wildman–Crippen MR) is 93.5 cm³/mol. The van der Waals surface area contributed by atoms with Crippen LogP contribution in [-0.2, 0) is 10.2 Å². The van der Waals surface area contributed by atoms with Crippen LogP contribution in [0.4, 0.5) is 5.69 Å². The molecule has 1 saturated carbocycles. The molecule has 0 unspecified atom stereocenters. The van der Waals surface area contributed by atoms with E-state index in [4.69, 9.17) is 16.3 Å². The van der Waals surface area contributed by atoms with E-state index in [9.17, 15) is 4.79 Å². The first kappa shape index (κ1) is 15.9. The number of ether oxygens (including phenoxy) is 1. The zero-order valence-corrected chi connectivity index (χ0v) is 14.3. The number of nitrogens with one attached hydrogen (secondary N) is 1. The summed E-state index contributed by atoms with van der Waals surface area (Å²) in [7, 11) is 1.57. The van der Waals surface area contributed by atoms with Gasteiger partial charge in [-0.25, -0.2) is 0 Å². The van der Waals surface area contributed by atoms with E-state index in [0.29, 0.717) is 16.5 Å². The molecule has 23 heavy (non-hydrogen) atoms. The zero-order chi connectivity index (χ0) is 16.6. The number of carbonyl (C=O) groups excluding carboxylic acids is 1. The number of amides is 1. The minimum Gasteiger partial charge on any atom is -0.495 e. The lowest BCUT2D eigenvalue weighted by Gasteiger charge is -2.18. The van der Waals surface area contributed by atoms with Gasteiger partial charge in [0.05, 0.1) is 18.2 Å². The van der Waals surface area contributed by atoms with Crippen LogP contribution in [0.2, 0.25) is 5.02 Å². The van der Waals surface area contributed by atoms with E-state index in [2.05, 4.69) is 17.4 Å². The minimum atomic E-state index is -0.410. The second kappa shape index (κ2) is 5.89. The molecule has 0 atom stereocenters. The van der Waals surface area contributed by atoms with Gasteiger partial charge in [0, 0.05) is 11.1 Å². The summed E-state index contributed by atoms with van der Waals surface area (Å²) in [5.41, 5.74) is 3.43. The Morgan fingerprint density at radius 2 is 1.83 bits per heavy atom. The summed E-state index contributed by atoms with van der Waals surface area (Å²) in [6, 6.07) is 11.8. The summed E-state index contributed by atoms with van der Waals surface area (Å²) in [4.78, 5) is 12.8. The maximum Gasteiger partial charge on any atom is 0.235 e. The molecule has 1 aliphatic carbocycles. The van der Waals surface area contributed by atoms with Gasteiger partial charge in [0.2, 0.25) is 5.91 Å². The average Bonchev–Trinajstić information content (AvgIpc) is 3.33. The average molecular weight is 330 g/mol. The van der Waals surface area contributed by atoms with Gasteiger partial charge in [0.1, 0.15) is 5.75 Å². The summed E-state index contributed by atoms with van der Waals surface area (Å²) in [6.45, 7) is 3.95. The number of methoxy groups -OCH3 is 1. The second-order valence-electron chi connectivity index (χ2n) is 6.20. The van der Waals surface area contributed by atoms with Gasteiger partial charge in [-0.2, -0.15) is 0 Å². The normalized spacial score (nSPS) is 15.1. The number of hydrogen-bond donors (Lipinski definition) is 1. The molecule has 0 bridgehead atoms. The van der Waals surface area contributed by atoms with Gasteiger partial charge in [-0.05, 0) is 43.9 Å². The molecule has 0 heterocycles. The first-order valence-electron chi connectivity index (χ1n) is 7.69. The van der Waals surface area contributed by atoms with Gasteiger partial charge in [-0.15, -0.1) is 0 Å². The standard InChI is InChI=1S/C19H20ClNO2/c1-12-4-6-14(7-5-12)19(8-9-19)18(22)21-16-10-13(2)15(20)11-17(16)23-3/h4-7,10-11H,8-9H2,1-3H3,(H,21,22). The van der Waals surface area contributed by atoms with Crippen LogP contribution in [0.3, 0.4) is 0 Å². The molecule has 1 N–H and O–H groups in total. The van der Waals surface area contributed by atoms with E-state index < -0.39 is 5.41 Å². The summed E-state index contributed by atoms with van der Waals surface area (Å²) < 4.78 is 5.34. The van der Waals surface area contributed by atoms with E-state index in [1.807, 2.05) is 32.0 Å². The lowest BCUT2D eigenvalue weighted by molar-refractivity contribution is -0.118. The largest absolute Gasteiger partial charge is 0.495 e. The number of carbonyl (C=O) groups is 1. The highest BCUT2D eigenvalue weighted by molar-refractivity contribution is 6.31. The number of rotatable bonds is 4. The third-order valence-corrected chi connectivity index (χ3v) is 4.92. The minimum absolute atomic E-state index is 0.0152. The van der Waals surface area contributed by atoms with Crippen molar-refractivity contribution in [2.75, 3.05) is 12.4 Å². The van der Waals surface area contributed by atoms with Crippen LogP contribution in [0.15, 0.2) is 36.4 Å². The molecule has 1 amide bonds. The highest BCUT2D eigenvalue weighted by Gasteiger charge is 2.51. The quantitative estimate of drug-likeness (QED) is 0.887. The molecule has 1 aliphatic rings. The first-order chi connectivity index (χ1) is 11.0. The lowest BCUT2D eigenvalue weighted by Crippen LogP contribution is -2.28. The van der Waals surface area contributed by atoms with Gasteiger partial charge in [0.15, 0.2) is 0 Å². The van der Waals surface area contributed by atoms with Gasteiger partial charge < -0.3 is 10.1 Å². The van der Waals surface area contributed by atoms with E-state index in [-0.39, 0.29) is 5.91 Å². The van der Waals surface area contributed by atoms with Crippen LogP contribution >= 0.6 is 11.6 Å². The Kier molecular flexibility index (Phi) is 4.07. The van der Waals surface area contributed by atoms with Crippen LogP contribution in [0.1, 0.15) is 29.5 Å². The monoisotopic (exact) mass is 329 g/mol. The molecule has 0 radical (unpaired) electrons. The molecule has 2 aromatic rings. The summed E-state index contributed by atoms with van der Waals surface area (Å²) in [5, 5.41) is 3.65. The van der Waals surface area contributed by atoms with E-state index in [1.165, 1.54) is 5.56 Å². The van der Waals surface area contributed by atoms with Crippen molar-refractivity contribution >= 4 is 23.2 Å². The highest BCUT2D eigenvalue weighted by atomic mass is 35.5. The van der Waals surface area contributed by atoms with Gasteiger partial charge in [-0.3, -0.25) is 4.79 Å². The van der Waals surface area contributed by atoms with E-state index in [0.717, 1.165) is 24.0 Å². The van der Waals surface area contributed by atoms with Gasteiger partial charge in [0.25, 0.3) is 0 Å². The molecule has 2 aromatic carbocycles. The number of aryl methyl sites for hydroxylation is 2. The third-order valence-electron chi connectivity index (χ3n) is 4.52. The Morgan fingerprint density at radius 3 is 2.39 bits per heavy atom. The predicted octanol–water partition coefficient (Wildman–Crippen LogP) is 4.64. The fourth-order valence-corrected chi connectivity index (χ4v) is 2.97. The SMILES string of the molecule is COc1cc(Cl)c(C)cc1NC(=O)C1(c2ccc(C)cc2)CC1. The highest BCUT2D eigenvalue weighted by Crippen LogP contribution is 2.49. The summed E-state index contributed by atoms with van der Waals surface area (Å²) in [5.74, 6) is 0.593. The van der Waals surface area contributed by atoms with Crippen molar-refractivity contribution in [3.63, 3.8) is 0 Å². The van der Waals surface area contributed by atoms with Crippen molar-refractivity contribution < 1.29 is 9.53 Å². The Labute approximate surface area is 141 Å².